The van der Waals surface area contributed by atoms with Gasteiger partial charge in [-0.15, -0.1) is 0 Å². The molecule has 0 spiro atoms. The summed E-state index contributed by atoms with van der Waals surface area (Å²) >= 11 is 0. The molecule has 0 radical (unpaired) electrons. The van der Waals surface area contributed by atoms with Crippen LogP contribution in [0.1, 0.15) is 122 Å². The number of carbonyl (C=O) groups excluding carboxylic acids is 1. The standard InChI is InChI=1S/C25H45N3O/c26-24-27-25(19-21-13-7-4-8-14-21,18-17-20-11-5-3-6-12-20)23(29)28(24)22-15-9-1-2-10-16-22/h20-22,24,27H,1-19,26H2/t24?,25-/m1/s1. The Hall–Kier alpha value is -0.610. The lowest BCUT2D eigenvalue weighted by Crippen LogP contribution is -2.51. The molecule has 166 valence electrons. The van der Waals surface area contributed by atoms with Crippen LogP contribution in [0.15, 0.2) is 0 Å². The van der Waals surface area contributed by atoms with Crippen molar-refractivity contribution in [2.24, 2.45) is 17.6 Å². The smallest absolute Gasteiger partial charge is 0.245 e. The molecule has 4 heteroatoms. The average Bonchev–Trinajstić information content (AvgIpc) is 2.91. The molecule has 3 aliphatic carbocycles. The van der Waals surface area contributed by atoms with Gasteiger partial charge in [-0.2, -0.15) is 0 Å². The molecular weight excluding hydrogens is 358 g/mol. The minimum Gasteiger partial charge on any atom is -0.310 e. The highest BCUT2D eigenvalue weighted by Crippen LogP contribution is 2.40. The van der Waals surface area contributed by atoms with Gasteiger partial charge in [0.05, 0.1) is 0 Å². The first kappa shape index (κ1) is 21.6. The Morgan fingerprint density at radius 3 is 1.93 bits per heavy atom. The Kier molecular flexibility index (Phi) is 7.55. The van der Waals surface area contributed by atoms with E-state index in [9.17, 15) is 4.79 Å². The van der Waals surface area contributed by atoms with Crippen LogP contribution in [-0.4, -0.2) is 28.7 Å². The number of rotatable bonds is 6. The number of nitrogens with zero attached hydrogens (tertiary/aromatic N) is 1. The summed E-state index contributed by atoms with van der Waals surface area (Å²) in [6, 6.07) is 0.357. The molecule has 1 heterocycles. The van der Waals surface area contributed by atoms with Crippen LogP contribution in [0.3, 0.4) is 0 Å². The van der Waals surface area contributed by atoms with E-state index in [0.717, 1.165) is 31.6 Å². The van der Waals surface area contributed by atoms with Crippen molar-refractivity contribution in [1.29, 1.82) is 0 Å². The summed E-state index contributed by atoms with van der Waals surface area (Å²) in [4.78, 5) is 16.1. The second-order valence-electron chi connectivity index (χ2n) is 10.8. The van der Waals surface area contributed by atoms with Crippen molar-refractivity contribution in [3.05, 3.63) is 0 Å². The highest BCUT2D eigenvalue weighted by atomic mass is 16.2. The monoisotopic (exact) mass is 403 g/mol. The van der Waals surface area contributed by atoms with Crippen LogP contribution in [0.5, 0.6) is 0 Å². The molecular formula is C25H45N3O. The molecule has 29 heavy (non-hydrogen) atoms. The van der Waals surface area contributed by atoms with Gasteiger partial charge in [0.25, 0.3) is 0 Å². The summed E-state index contributed by atoms with van der Waals surface area (Å²) in [7, 11) is 0. The quantitative estimate of drug-likeness (QED) is 0.580. The van der Waals surface area contributed by atoms with Crippen LogP contribution in [-0.2, 0) is 4.79 Å². The summed E-state index contributed by atoms with van der Waals surface area (Å²) < 4.78 is 0. The number of carbonyl (C=O) groups is 1. The molecule has 1 aliphatic heterocycles. The zero-order valence-electron chi connectivity index (χ0n) is 18.7. The summed E-state index contributed by atoms with van der Waals surface area (Å²) in [6.07, 6.45) is 23.9. The molecule has 0 bridgehead atoms. The van der Waals surface area contributed by atoms with E-state index in [1.165, 1.54) is 96.3 Å². The lowest BCUT2D eigenvalue weighted by molar-refractivity contribution is -0.136. The molecule has 4 aliphatic rings. The first-order chi connectivity index (χ1) is 14.2. The molecule has 4 fully saturated rings. The van der Waals surface area contributed by atoms with Gasteiger partial charge in [-0.25, -0.2) is 0 Å². The molecule has 3 N–H and O–H groups in total. The summed E-state index contributed by atoms with van der Waals surface area (Å²) in [5, 5.41) is 3.73. The lowest BCUT2D eigenvalue weighted by atomic mass is 9.75. The lowest BCUT2D eigenvalue weighted by Gasteiger charge is -2.35. The second kappa shape index (κ2) is 10.1. The molecule has 1 unspecified atom stereocenters. The largest absolute Gasteiger partial charge is 0.310 e. The Morgan fingerprint density at radius 1 is 0.793 bits per heavy atom. The van der Waals surface area contributed by atoms with E-state index in [0.29, 0.717) is 17.9 Å². The maximum Gasteiger partial charge on any atom is 0.245 e. The van der Waals surface area contributed by atoms with Crippen molar-refractivity contribution in [1.82, 2.24) is 10.2 Å². The Labute approximate surface area is 178 Å². The Bertz CT molecular complexity index is 518. The molecule has 1 amide bonds. The van der Waals surface area contributed by atoms with Gasteiger partial charge < -0.3 is 4.90 Å². The highest BCUT2D eigenvalue weighted by molar-refractivity contribution is 5.89. The van der Waals surface area contributed by atoms with Crippen molar-refractivity contribution in [3.8, 4) is 0 Å². The van der Waals surface area contributed by atoms with Crippen molar-refractivity contribution < 1.29 is 4.79 Å². The van der Waals surface area contributed by atoms with Gasteiger partial charge >= 0.3 is 0 Å². The van der Waals surface area contributed by atoms with Gasteiger partial charge in [0, 0.05) is 6.04 Å². The third-order valence-corrected chi connectivity index (χ3v) is 8.65. The van der Waals surface area contributed by atoms with Gasteiger partial charge in [-0.3, -0.25) is 15.8 Å². The van der Waals surface area contributed by atoms with E-state index >= 15 is 0 Å². The van der Waals surface area contributed by atoms with E-state index in [4.69, 9.17) is 5.73 Å². The Morgan fingerprint density at radius 2 is 1.31 bits per heavy atom. The molecule has 4 rings (SSSR count). The van der Waals surface area contributed by atoms with Crippen LogP contribution >= 0.6 is 0 Å². The number of hydrogen-bond donors (Lipinski definition) is 2. The molecule has 0 aromatic rings. The van der Waals surface area contributed by atoms with Gasteiger partial charge in [-0.05, 0) is 43.9 Å². The van der Waals surface area contributed by atoms with E-state index in [-0.39, 0.29) is 11.8 Å². The normalized spacial score (nSPS) is 33.9. The molecule has 3 saturated carbocycles. The second-order valence-corrected chi connectivity index (χ2v) is 10.8. The zero-order valence-corrected chi connectivity index (χ0v) is 18.7. The van der Waals surface area contributed by atoms with Gasteiger partial charge in [0.1, 0.15) is 11.8 Å². The minimum atomic E-state index is -0.384. The van der Waals surface area contributed by atoms with Crippen molar-refractivity contribution in [2.45, 2.75) is 140 Å². The summed E-state index contributed by atoms with van der Waals surface area (Å²) in [5.41, 5.74) is 6.25. The van der Waals surface area contributed by atoms with Crippen LogP contribution < -0.4 is 11.1 Å². The SMILES string of the molecule is NC1N[C@](CCC2CCCCC2)(CC2CCCCC2)C(=O)N1C1CCCCCC1. The maximum absolute atomic E-state index is 14.0. The fourth-order valence-electron chi connectivity index (χ4n) is 6.95. The summed E-state index contributed by atoms with van der Waals surface area (Å²) in [5.74, 6) is 1.89. The molecule has 0 aromatic heterocycles. The van der Waals surface area contributed by atoms with Crippen molar-refractivity contribution >= 4 is 5.91 Å². The van der Waals surface area contributed by atoms with Crippen LogP contribution in [0.2, 0.25) is 0 Å². The van der Waals surface area contributed by atoms with E-state index in [1.54, 1.807) is 0 Å². The molecule has 0 aromatic carbocycles. The average molecular weight is 404 g/mol. The number of amides is 1. The minimum absolute atomic E-state index is 0.277. The van der Waals surface area contributed by atoms with Crippen LogP contribution in [0, 0.1) is 11.8 Å². The topological polar surface area (TPSA) is 58.4 Å². The Balaban J connectivity index is 1.49. The first-order valence-electron chi connectivity index (χ1n) is 13.0. The van der Waals surface area contributed by atoms with Crippen molar-refractivity contribution in [3.63, 3.8) is 0 Å². The molecule has 1 saturated heterocycles. The van der Waals surface area contributed by atoms with Crippen molar-refractivity contribution in [2.75, 3.05) is 0 Å². The van der Waals surface area contributed by atoms with Crippen LogP contribution in [0.4, 0.5) is 0 Å². The highest BCUT2D eigenvalue weighted by Gasteiger charge is 2.52. The summed E-state index contributed by atoms with van der Waals surface area (Å²) in [6.45, 7) is 0. The van der Waals surface area contributed by atoms with Gasteiger partial charge in [-0.1, -0.05) is 89.9 Å². The third kappa shape index (κ3) is 5.18. The zero-order chi connectivity index (χ0) is 20.1. The first-order valence-corrected chi connectivity index (χ1v) is 13.0. The molecule has 4 nitrogen and oxygen atoms in total. The fourth-order valence-corrected chi connectivity index (χ4v) is 6.95. The number of nitrogens with one attached hydrogen (secondary N) is 1. The van der Waals surface area contributed by atoms with Crippen LogP contribution in [0.25, 0.3) is 0 Å². The molecule has 2 atom stereocenters. The maximum atomic E-state index is 14.0. The van der Waals surface area contributed by atoms with E-state index in [1.807, 2.05) is 0 Å². The fraction of sp³-hybridized carbons (Fsp3) is 0.960. The predicted octanol–water partition coefficient (Wildman–Crippen LogP) is 5.45. The number of nitrogens with two attached hydrogens (primary N) is 1. The van der Waals surface area contributed by atoms with E-state index in [2.05, 4.69) is 10.2 Å². The predicted molar refractivity (Wildman–Crippen MR) is 119 cm³/mol. The number of hydrogen-bond acceptors (Lipinski definition) is 3. The van der Waals surface area contributed by atoms with E-state index < -0.39 is 0 Å². The van der Waals surface area contributed by atoms with Gasteiger partial charge in [0.2, 0.25) is 5.91 Å². The third-order valence-electron chi connectivity index (χ3n) is 8.65. The van der Waals surface area contributed by atoms with Gasteiger partial charge in [0.15, 0.2) is 0 Å².